The Bertz CT molecular complexity index is 1430. The van der Waals surface area contributed by atoms with E-state index in [9.17, 15) is 9.59 Å². The van der Waals surface area contributed by atoms with Crippen molar-refractivity contribution in [1.82, 2.24) is 5.32 Å². The lowest BCUT2D eigenvalue weighted by molar-refractivity contribution is -0.122. The molecular formula is C26H18Cl3IN2O4S. The molecule has 3 aromatic rings. The van der Waals surface area contributed by atoms with E-state index in [1.54, 1.807) is 36.4 Å². The lowest BCUT2D eigenvalue weighted by Gasteiger charge is -2.29. The fraction of sp³-hybridized carbons (Fsp3) is 0.115. The molecule has 1 N–H and O–H groups in total. The van der Waals surface area contributed by atoms with Crippen LogP contribution in [0.5, 0.6) is 11.5 Å². The largest absolute Gasteiger partial charge is 0.490 e. The molecule has 1 saturated heterocycles. The molecule has 0 atom stereocenters. The first kappa shape index (κ1) is 27.7. The maximum absolute atomic E-state index is 13.4. The van der Waals surface area contributed by atoms with E-state index in [0.717, 1.165) is 9.13 Å². The number of hydrogen-bond donors (Lipinski definition) is 1. The lowest BCUT2D eigenvalue weighted by Crippen LogP contribution is -2.54. The summed E-state index contributed by atoms with van der Waals surface area (Å²) in [5, 5.41) is 3.74. The van der Waals surface area contributed by atoms with Gasteiger partial charge in [-0.25, -0.2) is 0 Å². The Labute approximate surface area is 247 Å². The van der Waals surface area contributed by atoms with Gasteiger partial charge in [0.25, 0.3) is 11.8 Å². The van der Waals surface area contributed by atoms with Crippen molar-refractivity contribution < 1.29 is 19.1 Å². The second-order valence-electron chi connectivity index (χ2n) is 7.73. The Balaban J connectivity index is 1.67. The third kappa shape index (κ3) is 6.38. The van der Waals surface area contributed by atoms with Gasteiger partial charge in [0.2, 0.25) is 0 Å². The zero-order valence-corrected chi connectivity index (χ0v) is 24.4. The molecule has 0 spiro atoms. The highest BCUT2D eigenvalue weighted by atomic mass is 127. The van der Waals surface area contributed by atoms with Gasteiger partial charge in [-0.15, -0.1) is 0 Å². The highest BCUT2D eigenvalue weighted by Crippen LogP contribution is 2.36. The van der Waals surface area contributed by atoms with Crippen LogP contribution >= 0.6 is 69.6 Å². The van der Waals surface area contributed by atoms with Crippen molar-refractivity contribution in [2.45, 2.75) is 13.5 Å². The van der Waals surface area contributed by atoms with Gasteiger partial charge in [0, 0.05) is 10.0 Å². The van der Waals surface area contributed by atoms with Gasteiger partial charge < -0.3 is 9.47 Å². The van der Waals surface area contributed by atoms with Gasteiger partial charge >= 0.3 is 0 Å². The number of rotatable bonds is 7. The number of amides is 2. The average Bonchev–Trinajstić information content (AvgIpc) is 2.84. The Hall–Kier alpha value is -2.37. The number of thiocarbonyl (C=S) groups is 1. The molecule has 4 rings (SSSR count). The topological polar surface area (TPSA) is 67.9 Å². The van der Waals surface area contributed by atoms with Crippen LogP contribution in [0.3, 0.4) is 0 Å². The maximum atomic E-state index is 13.4. The van der Waals surface area contributed by atoms with Crippen LogP contribution in [0.4, 0.5) is 5.69 Å². The SMILES string of the molecule is CCOc1cc(/C=C2\C(=O)NC(=S)N(c3ccc(Cl)cc3Cl)C2=O)cc(I)c1OCc1ccc(Cl)cc1. The van der Waals surface area contributed by atoms with Gasteiger partial charge in [0.05, 0.1) is 20.9 Å². The molecule has 11 heteroatoms. The van der Waals surface area contributed by atoms with Gasteiger partial charge in [-0.05, 0) is 101 Å². The molecule has 1 aliphatic rings. The normalized spacial score (nSPS) is 14.7. The van der Waals surface area contributed by atoms with Crippen molar-refractivity contribution >= 4 is 98.3 Å². The summed E-state index contributed by atoms with van der Waals surface area (Å²) in [7, 11) is 0. The third-order valence-corrected chi connectivity index (χ3v) is 7.07. The number of nitrogens with one attached hydrogen (secondary N) is 1. The Kier molecular flexibility index (Phi) is 8.97. The number of anilines is 1. The minimum absolute atomic E-state index is 0.0769. The number of hydrogen-bond acceptors (Lipinski definition) is 5. The molecule has 0 unspecified atom stereocenters. The van der Waals surface area contributed by atoms with Crippen molar-refractivity contribution in [3.05, 3.63) is 89.9 Å². The molecular weight excluding hydrogens is 670 g/mol. The predicted octanol–water partition coefficient (Wildman–Crippen LogP) is 7.06. The molecule has 0 saturated carbocycles. The molecule has 1 heterocycles. The number of ether oxygens (including phenoxy) is 2. The number of nitrogens with zero attached hydrogens (tertiary/aromatic N) is 1. The van der Waals surface area contributed by atoms with Gasteiger partial charge in [-0.2, -0.15) is 0 Å². The summed E-state index contributed by atoms with van der Waals surface area (Å²) in [6.45, 7) is 2.56. The number of halogens is 4. The van der Waals surface area contributed by atoms with Gasteiger partial charge in [0.1, 0.15) is 12.2 Å². The molecule has 0 bridgehead atoms. The first-order valence-corrected chi connectivity index (χ1v) is 13.5. The summed E-state index contributed by atoms with van der Waals surface area (Å²) in [5.74, 6) is -0.205. The molecule has 1 aliphatic heterocycles. The van der Waals surface area contributed by atoms with Crippen LogP contribution in [0, 0.1) is 3.57 Å². The Morgan fingerprint density at radius 3 is 2.38 bits per heavy atom. The van der Waals surface area contributed by atoms with Crippen LogP contribution < -0.4 is 19.7 Å². The van der Waals surface area contributed by atoms with Crippen LogP contribution in [0.1, 0.15) is 18.1 Å². The average molecular weight is 688 g/mol. The minimum Gasteiger partial charge on any atom is -0.490 e. The molecule has 37 heavy (non-hydrogen) atoms. The summed E-state index contributed by atoms with van der Waals surface area (Å²) >= 11 is 25.6. The summed E-state index contributed by atoms with van der Waals surface area (Å²) in [6, 6.07) is 15.5. The molecule has 0 radical (unpaired) electrons. The molecule has 3 aromatic carbocycles. The van der Waals surface area contributed by atoms with Crippen molar-refractivity contribution in [3.63, 3.8) is 0 Å². The monoisotopic (exact) mass is 686 g/mol. The van der Waals surface area contributed by atoms with E-state index in [1.807, 2.05) is 19.1 Å². The van der Waals surface area contributed by atoms with Crippen LogP contribution in [0.15, 0.2) is 60.2 Å². The first-order chi connectivity index (χ1) is 17.7. The van der Waals surface area contributed by atoms with Crippen molar-refractivity contribution in [1.29, 1.82) is 0 Å². The third-order valence-electron chi connectivity index (χ3n) is 5.19. The number of carbonyl (C=O) groups is 2. The summed E-state index contributed by atoms with van der Waals surface area (Å²) in [6.07, 6.45) is 1.48. The van der Waals surface area contributed by atoms with E-state index in [0.29, 0.717) is 46.0 Å². The smallest absolute Gasteiger partial charge is 0.270 e. The summed E-state index contributed by atoms with van der Waals surface area (Å²) in [4.78, 5) is 27.3. The predicted molar refractivity (Wildman–Crippen MR) is 159 cm³/mol. The molecule has 0 aliphatic carbocycles. The highest BCUT2D eigenvalue weighted by Gasteiger charge is 2.35. The van der Waals surface area contributed by atoms with Crippen LogP contribution in [0.25, 0.3) is 6.08 Å². The fourth-order valence-electron chi connectivity index (χ4n) is 3.52. The Morgan fingerprint density at radius 2 is 1.70 bits per heavy atom. The van der Waals surface area contributed by atoms with E-state index >= 15 is 0 Å². The number of carbonyl (C=O) groups excluding carboxylic acids is 2. The van der Waals surface area contributed by atoms with Crippen LogP contribution in [-0.4, -0.2) is 23.5 Å². The summed E-state index contributed by atoms with van der Waals surface area (Å²) < 4.78 is 12.6. The maximum Gasteiger partial charge on any atom is 0.270 e. The van der Waals surface area contributed by atoms with E-state index < -0.39 is 11.8 Å². The van der Waals surface area contributed by atoms with E-state index in [1.165, 1.54) is 17.0 Å². The molecule has 1 fully saturated rings. The zero-order valence-electron chi connectivity index (χ0n) is 19.2. The zero-order chi connectivity index (χ0) is 26.7. The molecule has 6 nitrogen and oxygen atoms in total. The molecule has 190 valence electrons. The molecule has 2 amide bonds. The van der Waals surface area contributed by atoms with Crippen LogP contribution in [-0.2, 0) is 16.2 Å². The second-order valence-corrected chi connectivity index (χ2v) is 10.6. The second kappa shape index (κ2) is 12.0. The van der Waals surface area contributed by atoms with E-state index in [-0.39, 0.29) is 15.7 Å². The standard InChI is InChI=1S/C26H18Cl3IN2O4S/c1-2-35-22-11-15(10-20(30)23(22)36-13-14-3-5-16(27)6-4-14)9-18-24(33)31-26(37)32(25(18)34)21-8-7-17(28)12-19(21)29/h3-12H,2,13H2,1H3,(H,31,33,37)/b18-9+. The lowest BCUT2D eigenvalue weighted by atomic mass is 10.1. The van der Waals surface area contributed by atoms with Crippen molar-refractivity contribution in [2.75, 3.05) is 11.5 Å². The minimum atomic E-state index is -0.618. The van der Waals surface area contributed by atoms with Crippen molar-refractivity contribution in [2.24, 2.45) is 0 Å². The van der Waals surface area contributed by atoms with E-state index in [2.05, 4.69) is 27.9 Å². The van der Waals surface area contributed by atoms with Gasteiger partial charge in [0.15, 0.2) is 16.6 Å². The summed E-state index contributed by atoms with van der Waals surface area (Å²) in [5.41, 5.74) is 1.70. The van der Waals surface area contributed by atoms with E-state index in [4.69, 9.17) is 56.5 Å². The highest BCUT2D eigenvalue weighted by molar-refractivity contribution is 14.1. The van der Waals surface area contributed by atoms with Crippen LogP contribution in [0.2, 0.25) is 15.1 Å². The van der Waals surface area contributed by atoms with Gasteiger partial charge in [-0.3, -0.25) is 19.8 Å². The van der Waals surface area contributed by atoms with Gasteiger partial charge in [-0.1, -0.05) is 46.9 Å². The first-order valence-electron chi connectivity index (χ1n) is 10.9. The Morgan fingerprint density at radius 1 is 1.00 bits per heavy atom. The van der Waals surface area contributed by atoms with Crippen molar-refractivity contribution in [3.8, 4) is 11.5 Å². The quantitative estimate of drug-likeness (QED) is 0.125. The number of benzene rings is 3. The fourth-order valence-corrected chi connectivity index (χ4v) is 5.19. The molecule has 0 aromatic heterocycles.